The number of non-ortho nitro benzene ring substituents is 1. The molecular formula is C7H6N3NaO6. The van der Waals surface area contributed by atoms with Crippen LogP contribution in [0.25, 0.3) is 0 Å². The predicted octanol–water partition coefficient (Wildman–Crippen LogP) is 1.07. The van der Waals surface area contributed by atoms with Gasteiger partial charge in [0.1, 0.15) is 5.56 Å². The Bertz CT molecular complexity index is 467. The van der Waals surface area contributed by atoms with Crippen LogP contribution in [0.4, 0.5) is 17.1 Å². The number of nitrogens with zero attached hydrogens (tertiary/aromatic N) is 3. The molecule has 0 aliphatic rings. The summed E-state index contributed by atoms with van der Waals surface area (Å²) in [4.78, 5) is 28.8. The van der Waals surface area contributed by atoms with Gasteiger partial charge in [0.05, 0.1) is 26.9 Å². The van der Waals surface area contributed by atoms with Crippen LogP contribution in [0.15, 0.2) is 12.1 Å². The second-order valence-corrected chi connectivity index (χ2v) is 2.88. The topological polar surface area (TPSA) is 129 Å². The average molecular weight is 251 g/mol. The first-order chi connectivity index (χ1) is 7.34. The standard InChI is InChI=1S/C7H5N3O6.Na.H/c1-4-6(9(13)14)2-5(8(11)12)3-7(4)10(15)16;;/h2-3H,1H3;;. The molecule has 0 fully saturated rings. The summed E-state index contributed by atoms with van der Waals surface area (Å²) in [7, 11) is 0. The first kappa shape index (κ1) is 15.4. The Balaban J connectivity index is 0.00000256. The first-order valence-corrected chi connectivity index (χ1v) is 3.92. The molecular weight excluding hydrogens is 245 g/mol. The zero-order valence-corrected chi connectivity index (χ0v) is 7.95. The minimum atomic E-state index is -0.917. The van der Waals surface area contributed by atoms with Gasteiger partial charge in [-0.15, -0.1) is 0 Å². The maximum atomic E-state index is 10.5. The van der Waals surface area contributed by atoms with E-state index in [-0.39, 0.29) is 35.1 Å². The molecule has 0 amide bonds. The van der Waals surface area contributed by atoms with Gasteiger partial charge >= 0.3 is 29.6 Å². The Morgan fingerprint density at radius 1 is 0.882 bits per heavy atom. The van der Waals surface area contributed by atoms with Gasteiger partial charge in [-0.25, -0.2) is 0 Å². The molecule has 0 heterocycles. The Hall–Kier alpha value is -1.58. The molecule has 1 aromatic carbocycles. The van der Waals surface area contributed by atoms with Gasteiger partial charge < -0.3 is 0 Å². The fourth-order valence-corrected chi connectivity index (χ4v) is 1.15. The minimum absolute atomic E-state index is 0. The van der Waals surface area contributed by atoms with E-state index in [1.54, 1.807) is 0 Å². The molecule has 0 aromatic heterocycles. The zero-order valence-electron chi connectivity index (χ0n) is 7.95. The summed E-state index contributed by atoms with van der Waals surface area (Å²) < 4.78 is 0. The van der Waals surface area contributed by atoms with Crippen molar-refractivity contribution in [2.75, 3.05) is 0 Å². The second-order valence-electron chi connectivity index (χ2n) is 2.88. The van der Waals surface area contributed by atoms with Crippen molar-refractivity contribution in [2.24, 2.45) is 0 Å². The molecule has 0 bridgehead atoms. The summed E-state index contributed by atoms with van der Waals surface area (Å²) in [6.07, 6.45) is 0. The van der Waals surface area contributed by atoms with Gasteiger partial charge in [-0.05, 0) is 6.92 Å². The molecule has 1 rings (SSSR count). The van der Waals surface area contributed by atoms with E-state index in [9.17, 15) is 30.3 Å². The monoisotopic (exact) mass is 251 g/mol. The van der Waals surface area contributed by atoms with Gasteiger partial charge in [-0.3, -0.25) is 30.3 Å². The van der Waals surface area contributed by atoms with Gasteiger partial charge in [-0.2, -0.15) is 0 Å². The SMILES string of the molecule is Cc1c([N+](=O)[O-])cc([N+](=O)[O-])cc1[N+](=O)[O-].[NaH]. The van der Waals surface area contributed by atoms with Crippen molar-refractivity contribution in [3.05, 3.63) is 48.0 Å². The number of benzene rings is 1. The van der Waals surface area contributed by atoms with E-state index >= 15 is 0 Å². The van der Waals surface area contributed by atoms with E-state index in [2.05, 4.69) is 0 Å². The molecule has 9 nitrogen and oxygen atoms in total. The van der Waals surface area contributed by atoms with E-state index in [4.69, 9.17) is 0 Å². The van der Waals surface area contributed by atoms with Crippen molar-refractivity contribution in [2.45, 2.75) is 6.92 Å². The van der Waals surface area contributed by atoms with Crippen molar-refractivity contribution >= 4 is 46.6 Å². The molecule has 0 atom stereocenters. The maximum absolute atomic E-state index is 10.5. The quantitative estimate of drug-likeness (QED) is 0.448. The van der Waals surface area contributed by atoms with Crippen molar-refractivity contribution < 1.29 is 14.8 Å². The van der Waals surface area contributed by atoms with Crippen LogP contribution in [-0.4, -0.2) is 44.3 Å². The Morgan fingerprint density at radius 2 is 1.24 bits per heavy atom. The van der Waals surface area contributed by atoms with E-state index in [0.717, 1.165) is 0 Å². The molecule has 0 saturated heterocycles. The van der Waals surface area contributed by atoms with Crippen molar-refractivity contribution in [3.63, 3.8) is 0 Å². The molecule has 0 aliphatic carbocycles. The Labute approximate surface area is 116 Å². The van der Waals surface area contributed by atoms with Crippen LogP contribution in [0, 0.1) is 37.3 Å². The normalized spacial score (nSPS) is 9.24. The van der Waals surface area contributed by atoms with Crippen LogP contribution < -0.4 is 0 Å². The van der Waals surface area contributed by atoms with Crippen molar-refractivity contribution in [1.29, 1.82) is 0 Å². The predicted molar refractivity (Wildman–Crippen MR) is 58.3 cm³/mol. The molecule has 0 spiro atoms. The number of nitro groups is 3. The zero-order chi connectivity index (χ0) is 12.5. The number of hydrogen-bond acceptors (Lipinski definition) is 6. The van der Waals surface area contributed by atoms with E-state index in [1.807, 2.05) is 0 Å². The first-order valence-electron chi connectivity index (χ1n) is 3.92. The van der Waals surface area contributed by atoms with Gasteiger partial charge in [0.15, 0.2) is 0 Å². The van der Waals surface area contributed by atoms with Crippen LogP contribution >= 0.6 is 0 Å². The van der Waals surface area contributed by atoms with Crippen LogP contribution in [0.2, 0.25) is 0 Å². The molecule has 0 unspecified atom stereocenters. The van der Waals surface area contributed by atoms with E-state index < -0.39 is 31.8 Å². The summed E-state index contributed by atoms with van der Waals surface area (Å²) in [6, 6.07) is 1.39. The fourth-order valence-electron chi connectivity index (χ4n) is 1.15. The molecule has 10 heteroatoms. The van der Waals surface area contributed by atoms with E-state index in [1.165, 1.54) is 6.92 Å². The van der Waals surface area contributed by atoms with Crippen LogP contribution in [-0.2, 0) is 0 Å². The average Bonchev–Trinajstić information content (AvgIpc) is 2.16. The molecule has 17 heavy (non-hydrogen) atoms. The third-order valence-electron chi connectivity index (χ3n) is 1.94. The molecule has 1 aromatic rings. The van der Waals surface area contributed by atoms with Gasteiger partial charge in [-0.1, -0.05) is 0 Å². The molecule has 0 saturated carbocycles. The van der Waals surface area contributed by atoms with Crippen LogP contribution in [0.1, 0.15) is 5.56 Å². The number of rotatable bonds is 3. The van der Waals surface area contributed by atoms with Gasteiger partial charge in [0.25, 0.3) is 17.1 Å². The van der Waals surface area contributed by atoms with Crippen molar-refractivity contribution in [1.82, 2.24) is 0 Å². The van der Waals surface area contributed by atoms with Crippen molar-refractivity contribution in [3.8, 4) is 0 Å². The summed E-state index contributed by atoms with van der Waals surface area (Å²) in [5, 5.41) is 31.5. The molecule has 0 N–H and O–H groups in total. The Kier molecular flexibility index (Phi) is 5.13. The third-order valence-corrected chi connectivity index (χ3v) is 1.94. The molecule has 86 valence electrons. The number of hydrogen-bond donors (Lipinski definition) is 0. The summed E-state index contributed by atoms with van der Waals surface area (Å²) in [5.41, 5.74) is -2.16. The van der Waals surface area contributed by atoms with E-state index in [0.29, 0.717) is 12.1 Å². The Morgan fingerprint density at radius 3 is 1.47 bits per heavy atom. The van der Waals surface area contributed by atoms with Gasteiger partial charge in [0.2, 0.25) is 0 Å². The van der Waals surface area contributed by atoms with Crippen LogP contribution in [0.5, 0.6) is 0 Å². The summed E-state index contributed by atoms with van der Waals surface area (Å²) >= 11 is 0. The molecule has 0 aliphatic heterocycles. The van der Waals surface area contributed by atoms with Crippen LogP contribution in [0.3, 0.4) is 0 Å². The van der Waals surface area contributed by atoms with Gasteiger partial charge in [0, 0.05) is 0 Å². The second kappa shape index (κ2) is 5.66. The fraction of sp³-hybridized carbons (Fsp3) is 0.143. The summed E-state index contributed by atoms with van der Waals surface area (Å²) in [6.45, 7) is 1.17. The molecule has 0 radical (unpaired) electrons. The number of nitro benzene ring substituents is 3. The summed E-state index contributed by atoms with van der Waals surface area (Å²) in [5.74, 6) is 0. The third kappa shape index (κ3) is 3.19.